The van der Waals surface area contributed by atoms with Crippen molar-refractivity contribution in [2.45, 2.75) is 25.8 Å². The van der Waals surface area contributed by atoms with E-state index in [1.165, 1.54) is 5.56 Å². The van der Waals surface area contributed by atoms with E-state index in [9.17, 15) is 4.79 Å². The number of hydrogen-bond acceptors (Lipinski definition) is 6. The van der Waals surface area contributed by atoms with Gasteiger partial charge in [-0.1, -0.05) is 12.1 Å². The van der Waals surface area contributed by atoms with E-state index < -0.39 is 0 Å². The second kappa shape index (κ2) is 10.5. The van der Waals surface area contributed by atoms with Gasteiger partial charge in [-0.05, 0) is 40.2 Å². The van der Waals surface area contributed by atoms with Gasteiger partial charge in [0, 0.05) is 53.4 Å². The summed E-state index contributed by atoms with van der Waals surface area (Å²) in [5, 5.41) is 0. The molecule has 1 atom stereocenters. The minimum absolute atomic E-state index is 0.103. The highest BCUT2D eigenvalue weighted by Gasteiger charge is 2.29. The summed E-state index contributed by atoms with van der Waals surface area (Å²) < 4.78 is 12.7. The van der Waals surface area contributed by atoms with Crippen molar-refractivity contribution >= 4 is 36.3 Å². The molecule has 0 bridgehead atoms. The van der Waals surface area contributed by atoms with E-state index in [0.29, 0.717) is 13.0 Å². The number of rotatable bonds is 8. The van der Waals surface area contributed by atoms with Crippen molar-refractivity contribution in [1.29, 1.82) is 0 Å². The average molecular weight is 464 g/mol. The van der Waals surface area contributed by atoms with Crippen LogP contribution in [0.5, 0.6) is 5.75 Å². The smallest absolute Gasteiger partial charge is 0.307 e. The van der Waals surface area contributed by atoms with Gasteiger partial charge in [-0.15, -0.1) is 0 Å². The third-order valence-electron chi connectivity index (χ3n) is 4.19. The Balaban J connectivity index is 1.95. The lowest BCUT2D eigenvalue weighted by atomic mass is 10.1. The molecule has 1 unspecified atom stereocenters. The number of halogens is 1. The van der Waals surface area contributed by atoms with Crippen LogP contribution in [-0.4, -0.2) is 61.1 Å². The maximum atomic E-state index is 11.9. The topological polar surface area (TPSA) is 42.0 Å². The standard InChI is InChI=1S/C17H25IN2O3S/c1-3-23-17(21)12-15-13-20(24-18)10-9-19(15)8-7-14-5-4-6-16(11-14)22-2/h4-6,11,15H,3,7-10,12-13H2,1-2H3. The summed E-state index contributed by atoms with van der Waals surface area (Å²) in [5.41, 5.74) is 1.26. The van der Waals surface area contributed by atoms with Gasteiger partial charge in [0.2, 0.25) is 0 Å². The first-order chi connectivity index (χ1) is 11.7. The average Bonchev–Trinajstić information content (AvgIpc) is 2.61. The number of piperazine rings is 1. The van der Waals surface area contributed by atoms with Crippen LogP contribution in [0, 0.1) is 0 Å². The minimum atomic E-state index is -0.103. The molecule has 134 valence electrons. The summed E-state index contributed by atoms with van der Waals surface area (Å²) >= 11 is 2.31. The van der Waals surface area contributed by atoms with Crippen LogP contribution in [0.4, 0.5) is 0 Å². The zero-order valence-electron chi connectivity index (χ0n) is 14.2. The van der Waals surface area contributed by atoms with E-state index in [1.54, 1.807) is 16.2 Å². The van der Waals surface area contributed by atoms with Gasteiger partial charge in [-0.2, -0.15) is 0 Å². The molecule has 1 aliphatic heterocycles. The predicted octanol–water partition coefficient (Wildman–Crippen LogP) is 3.18. The Morgan fingerprint density at radius 2 is 2.25 bits per heavy atom. The van der Waals surface area contributed by atoms with Crippen LogP contribution < -0.4 is 4.74 Å². The highest BCUT2D eigenvalue weighted by molar-refractivity contribution is 14.2. The molecule has 0 amide bonds. The largest absolute Gasteiger partial charge is 0.497 e. The molecule has 0 aromatic heterocycles. The zero-order valence-corrected chi connectivity index (χ0v) is 17.2. The van der Waals surface area contributed by atoms with E-state index >= 15 is 0 Å². The molecule has 5 nitrogen and oxygen atoms in total. The summed E-state index contributed by atoms with van der Waals surface area (Å²) in [7, 11) is 3.41. The van der Waals surface area contributed by atoms with Gasteiger partial charge in [0.1, 0.15) is 5.75 Å². The Morgan fingerprint density at radius 1 is 1.42 bits per heavy atom. The molecule has 0 N–H and O–H groups in total. The van der Waals surface area contributed by atoms with Crippen molar-refractivity contribution in [1.82, 2.24) is 9.21 Å². The molecular formula is C17H25IN2O3S. The molecule has 0 radical (unpaired) electrons. The first-order valence-electron chi connectivity index (χ1n) is 8.22. The summed E-state index contributed by atoms with van der Waals surface area (Å²) in [4.78, 5) is 14.3. The highest BCUT2D eigenvalue weighted by atomic mass is 127. The van der Waals surface area contributed by atoms with Crippen molar-refractivity contribution in [2.24, 2.45) is 0 Å². The fraction of sp³-hybridized carbons (Fsp3) is 0.588. The number of nitrogens with zero attached hydrogens (tertiary/aromatic N) is 2. The Hall–Kier alpha value is -0.510. The SMILES string of the molecule is CCOC(=O)CC1CN(SI)CCN1CCc1cccc(OC)c1. The molecule has 2 rings (SSSR count). The number of ether oxygens (including phenoxy) is 2. The normalized spacial score (nSPS) is 19.2. The molecule has 1 fully saturated rings. The van der Waals surface area contributed by atoms with Crippen molar-refractivity contribution < 1.29 is 14.3 Å². The lowest BCUT2D eigenvalue weighted by molar-refractivity contribution is -0.145. The second-order valence-corrected chi connectivity index (χ2v) is 7.59. The Labute approximate surface area is 160 Å². The maximum absolute atomic E-state index is 11.9. The Morgan fingerprint density at radius 3 is 2.96 bits per heavy atom. The maximum Gasteiger partial charge on any atom is 0.307 e. The van der Waals surface area contributed by atoms with Crippen LogP contribution in [0.15, 0.2) is 24.3 Å². The summed E-state index contributed by atoms with van der Waals surface area (Å²) in [6.45, 7) is 6.13. The Bertz CT molecular complexity index is 532. The molecule has 0 spiro atoms. The molecular weight excluding hydrogens is 439 g/mol. The van der Waals surface area contributed by atoms with Crippen LogP contribution in [0.3, 0.4) is 0 Å². The molecule has 1 aromatic rings. The quantitative estimate of drug-likeness (QED) is 0.335. The number of methoxy groups -OCH3 is 1. The molecule has 1 saturated heterocycles. The fourth-order valence-corrected chi connectivity index (χ4v) is 4.38. The third kappa shape index (κ3) is 6.09. The number of esters is 1. The van der Waals surface area contributed by atoms with E-state index in [0.717, 1.165) is 38.3 Å². The molecule has 24 heavy (non-hydrogen) atoms. The van der Waals surface area contributed by atoms with Crippen LogP contribution in [-0.2, 0) is 16.0 Å². The van der Waals surface area contributed by atoms with E-state index in [2.05, 4.69) is 42.5 Å². The van der Waals surface area contributed by atoms with Gasteiger partial charge < -0.3 is 9.47 Å². The monoisotopic (exact) mass is 464 g/mol. The highest BCUT2D eigenvalue weighted by Crippen LogP contribution is 2.25. The first kappa shape index (κ1) is 19.8. The summed E-state index contributed by atoms with van der Waals surface area (Å²) in [6.07, 6.45) is 1.41. The zero-order chi connectivity index (χ0) is 17.4. The number of carbonyl (C=O) groups excluding carboxylic acids is 1. The molecule has 0 saturated carbocycles. The van der Waals surface area contributed by atoms with Gasteiger partial charge in [0.05, 0.1) is 20.1 Å². The van der Waals surface area contributed by atoms with Gasteiger partial charge in [0.25, 0.3) is 0 Å². The van der Waals surface area contributed by atoms with Crippen molar-refractivity contribution in [2.75, 3.05) is 39.9 Å². The molecule has 1 heterocycles. The van der Waals surface area contributed by atoms with E-state index in [1.807, 2.05) is 19.1 Å². The molecule has 0 aliphatic carbocycles. The Kier molecular flexibility index (Phi) is 8.65. The summed E-state index contributed by atoms with van der Waals surface area (Å²) in [5.74, 6) is 0.788. The van der Waals surface area contributed by atoms with E-state index in [4.69, 9.17) is 9.47 Å². The predicted molar refractivity (Wildman–Crippen MR) is 106 cm³/mol. The fourth-order valence-electron chi connectivity index (χ4n) is 2.93. The lowest BCUT2D eigenvalue weighted by Crippen LogP contribution is -2.52. The van der Waals surface area contributed by atoms with Crippen LogP contribution in [0.25, 0.3) is 0 Å². The molecule has 1 aliphatic rings. The number of benzene rings is 1. The first-order valence-corrected chi connectivity index (χ1v) is 11.5. The van der Waals surface area contributed by atoms with Crippen molar-refractivity contribution in [3.63, 3.8) is 0 Å². The summed E-state index contributed by atoms with van der Waals surface area (Å²) in [6, 6.07) is 8.40. The lowest BCUT2D eigenvalue weighted by Gasteiger charge is -2.39. The second-order valence-electron chi connectivity index (χ2n) is 5.76. The number of hydrogen-bond donors (Lipinski definition) is 0. The third-order valence-corrected chi connectivity index (χ3v) is 6.39. The number of carbonyl (C=O) groups is 1. The minimum Gasteiger partial charge on any atom is -0.497 e. The van der Waals surface area contributed by atoms with Gasteiger partial charge in [-0.25, -0.2) is 4.31 Å². The van der Waals surface area contributed by atoms with Gasteiger partial charge in [0.15, 0.2) is 0 Å². The molecule has 1 aromatic carbocycles. The van der Waals surface area contributed by atoms with Crippen molar-refractivity contribution in [3.8, 4) is 5.75 Å². The van der Waals surface area contributed by atoms with Crippen molar-refractivity contribution in [3.05, 3.63) is 29.8 Å². The van der Waals surface area contributed by atoms with Gasteiger partial charge >= 0.3 is 5.97 Å². The van der Waals surface area contributed by atoms with Crippen LogP contribution >= 0.6 is 30.3 Å². The van der Waals surface area contributed by atoms with Crippen LogP contribution in [0.2, 0.25) is 0 Å². The van der Waals surface area contributed by atoms with Gasteiger partial charge in [-0.3, -0.25) is 9.69 Å². The van der Waals surface area contributed by atoms with Crippen LogP contribution in [0.1, 0.15) is 18.9 Å². The molecule has 7 heteroatoms. The van der Waals surface area contributed by atoms with E-state index in [-0.39, 0.29) is 12.0 Å².